The van der Waals surface area contributed by atoms with Crippen molar-refractivity contribution in [2.24, 2.45) is 0 Å². The fourth-order valence-corrected chi connectivity index (χ4v) is 5.60. The minimum atomic E-state index is -4.34. The van der Waals surface area contributed by atoms with Gasteiger partial charge in [-0.15, -0.1) is 0 Å². The van der Waals surface area contributed by atoms with E-state index in [9.17, 15) is 13.2 Å². The highest BCUT2D eigenvalue weighted by Gasteiger charge is 2.35. The van der Waals surface area contributed by atoms with E-state index in [4.69, 9.17) is 25.8 Å². The first-order valence-corrected chi connectivity index (χ1v) is 12.6. The van der Waals surface area contributed by atoms with Crippen LogP contribution in [0.25, 0.3) is 0 Å². The molecule has 3 aromatic rings. The van der Waals surface area contributed by atoms with Crippen molar-refractivity contribution >= 4 is 49.1 Å². The number of hydrogen-bond donors (Lipinski definition) is 0. The predicted molar refractivity (Wildman–Crippen MR) is 135 cm³/mol. The van der Waals surface area contributed by atoms with Gasteiger partial charge in [0.15, 0.2) is 11.5 Å². The molecule has 0 radical (unpaired) electrons. The number of halogens is 2. The summed E-state index contributed by atoms with van der Waals surface area (Å²) in [5.74, 6) is -0.159. The van der Waals surface area contributed by atoms with Crippen molar-refractivity contribution < 1.29 is 27.4 Å². The molecule has 0 saturated carbocycles. The van der Waals surface area contributed by atoms with Crippen LogP contribution in [0.15, 0.2) is 57.9 Å². The average molecular weight is 569 g/mol. The zero-order valence-electron chi connectivity index (χ0n) is 19.2. The Morgan fingerprint density at radius 3 is 2.09 bits per heavy atom. The quantitative estimate of drug-likeness (QED) is 0.359. The molecule has 7 nitrogen and oxygen atoms in total. The number of hydrogen-bond acceptors (Lipinski definition) is 6. The van der Waals surface area contributed by atoms with Crippen LogP contribution in [0.2, 0.25) is 5.02 Å². The van der Waals surface area contributed by atoms with Crippen LogP contribution in [0.3, 0.4) is 0 Å². The zero-order chi connectivity index (χ0) is 25.2. The Bertz CT molecular complexity index is 1340. The van der Waals surface area contributed by atoms with Gasteiger partial charge >= 0.3 is 0 Å². The third kappa shape index (κ3) is 4.73. The molecule has 0 aliphatic heterocycles. The van der Waals surface area contributed by atoms with E-state index in [-0.39, 0.29) is 37.9 Å². The van der Waals surface area contributed by atoms with Crippen LogP contribution in [0.5, 0.6) is 17.2 Å². The fraction of sp³-hybridized carbons (Fsp3) is 0.208. The molecule has 0 heterocycles. The number of carbonyl (C=O) groups is 1. The molecular formula is C24H23BrClNO6S. The second kappa shape index (κ2) is 10.2. The smallest absolute Gasteiger partial charge is 0.273 e. The zero-order valence-corrected chi connectivity index (χ0v) is 22.3. The molecule has 1 amide bonds. The highest BCUT2D eigenvalue weighted by atomic mass is 79.9. The molecule has 0 aliphatic rings. The van der Waals surface area contributed by atoms with Crippen LogP contribution in [0, 0.1) is 13.8 Å². The SMILES string of the molecule is COc1cc(C(=O)N(c2cc(C)ccc2C)S(=O)(=O)c2ccc(Cl)cc2)c(Br)c(OC)c1OC. The van der Waals surface area contributed by atoms with Gasteiger partial charge in [-0.3, -0.25) is 4.79 Å². The summed E-state index contributed by atoms with van der Waals surface area (Å²) in [6.07, 6.45) is 0. The molecule has 3 rings (SSSR count). The maximum absolute atomic E-state index is 14.0. The van der Waals surface area contributed by atoms with E-state index in [0.29, 0.717) is 10.6 Å². The lowest BCUT2D eigenvalue weighted by Crippen LogP contribution is -2.38. The summed E-state index contributed by atoms with van der Waals surface area (Å²) in [7, 11) is -0.0903. The average Bonchev–Trinajstić information content (AvgIpc) is 2.81. The molecule has 10 heteroatoms. The van der Waals surface area contributed by atoms with Crippen LogP contribution in [-0.2, 0) is 10.0 Å². The summed E-state index contributed by atoms with van der Waals surface area (Å²) in [4.78, 5) is 13.9. The van der Waals surface area contributed by atoms with E-state index in [1.165, 1.54) is 51.7 Å². The standard InChI is InChI=1S/C24H23BrClNO6S/c1-14-6-7-15(2)19(12-14)27(34(29,30)17-10-8-16(26)9-11-17)24(28)18-13-20(31-3)22(32-4)23(33-5)21(18)25/h6-13H,1-5H3. The van der Waals surface area contributed by atoms with Crippen molar-refractivity contribution in [3.05, 3.63) is 74.7 Å². The van der Waals surface area contributed by atoms with E-state index in [0.717, 1.165) is 9.87 Å². The normalized spacial score (nSPS) is 11.1. The molecule has 0 bridgehead atoms. The van der Waals surface area contributed by atoms with Crippen molar-refractivity contribution in [1.82, 2.24) is 0 Å². The Morgan fingerprint density at radius 1 is 0.912 bits per heavy atom. The third-order valence-corrected chi connectivity index (χ3v) is 7.87. The molecule has 0 unspecified atom stereocenters. The van der Waals surface area contributed by atoms with Gasteiger partial charge in [-0.2, -0.15) is 4.31 Å². The van der Waals surface area contributed by atoms with Crippen LogP contribution in [-0.4, -0.2) is 35.7 Å². The minimum Gasteiger partial charge on any atom is -0.493 e. The third-order valence-electron chi connectivity index (χ3n) is 5.12. The van der Waals surface area contributed by atoms with Crippen molar-refractivity contribution in [3.8, 4) is 17.2 Å². The van der Waals surface area contributed by atoms with Crippen LogP contribution >= 0.6 is 27.5 Å². The largest absolute Gasteiger partial charge is 0.493 e. The predicted octanol–water partition coefficient (Wildman–Crippen LogP) is 5.78. The van der Waals surface area contributed by atoms with Crippen LogP contribution in [0.1, 0.15) is 21.5 Å². The number of amides is 1. The summed E-state index contributed by atoms with van der Waals surface area (Å²) in [5, 5.41) is 0.371. The van der Waals surface area contributed by atoms with E-state index in [1.807, 2.05) is 13.0 Å². The van der Waals surface area contributed by atoms with Crippen LogP contribution < -0.4 is 18.5 Å². The summed E-state index contributed by atoms with van der Waals surface area (Å²) in [5.41, 5.74) is 1.61. The molecule has 0 fully saturated rings. The molecule has 0 aliphatic carbocycles. The van der Waals surface area contributed by atoms with Crippen molar-refractivity contribution in [2.75, 3.05) is 25.6 Å². The highest BCUT2D eigenvalue weighted by Crippen LogP contribution is 2.45. The Morgan fingerprint density at radius 2 is 1.53 bits per heavy atom. The van der Waals surface area contributed by atoms with E-state index in [2.05, 4.69) is 15.9 Å². The first-order chi connectivity index (χ1) is 16.1. The van der Waals surface area contributed by atoms with Gasteiger partial charge in [0.1, 0.15) is 0 Å². The van der Waals surface area contributed by atoms with Gasteiger partial charge in [-0.25, -0.2) is 8.42 Å². The molecule has 34 heavy (non-hydrogen) atoms. The number of aryl methyl sites for hydroxylation is 2. The minimum absolute atomic E-state index is 0.00736. The van der Waals surface area contributed by atoms with Crippen LogP contribution in [0.4, 0.5) is 5.69 Å². The number of nitrogens with zero attached hydrogens (tertiary/aromatic N) is 1. The second-order valence-corrected chi connectivity index (χ2v) is 10.3. The molecular weight excluding hydrogens is 546 g/mol. The number of methoxy groups -OCH3 is 3. The van der Waals surface area contributed by atoms with E-state index in [1.54, 1.807) is 19.1 Å². The topological polar surface area (TPSA) is 82.1 Å². The summed E-state index contributed by atoms with van der Waals surface area (Å²) < 4.78 is 44.8. The molecule has 0 saturated heterocycles. The van der Waals surface area contributed by atoms with E-state index >= 15 is 0 Å². The first kappa shape index (κ1) is 25.9. The summed E-state index contributed by atoms with van der Waals surface area (Å²) >= 11 is 9.34. The molecule has 0 aromatic heterocycles. The van der Waals surface area contributed by atoms with Gasteiger partial charge in [0.25, 0.3) is 15.9 Å². The van der Waals surface area contributed by atoms with E-state index < -0.39 is 15.9 Å². The van der Waals surface area contributed by atoms with Gasteiger partial charge in [0, 0.05) is 5.02 Å². The lowest BCUT2D eigenvalue weighted by atomic mass is 10.1. The molecule has 3 aromatic carbocycles. The van der Waals surface area contributed by atoms with Gasteiger partial charge in [0.05, 0.1) is 41.9 Å². The Balaban J connectivity index is 2.33. The molecule has 0 spiro atoms. The number of ether oxygens (including phenoxy) is 3. The van der Waals surface area contributed by atoms with Crippen molar-refractivity contribution in [1.29, 1.82) is 0 Å². The summed E-state index contributed by atoms with van der Waals surface area (Å²) in [6.45, 7) is 3.55. The lowest BCUT2D eigenvalue weighted by molar-refractivity contribution is 0.100. The molecule has 0 N–H and O–H groups in total. The number of carbonyl (C=O) groups excluding carboxylic acids is 1. The second-order valence-electron chi connectivity index (χ2n) is 7.33. The molecule has 0 atom stereocenters. The molecule has 180 valence electrons. The van der Waals surface area contributed by atoms with Gasteiger partial charge in [-0.05, 0) is 77.3 Å². The number of anilines is 1. The lowest BCUT2D eigenvalue weighted by Gasteiger charge is -2.26. The number of rotatable bonds is 7. The van der Waals surface area contributed by atoms with Crippen molar-refractivity contribution in [3.63, 3.8) is 0 Å². The van der Waals surface area contributed by atoms with Gasteiger partial charge in [-0.1, -0.05) is 23.7 Å². The Kier molecular flexibility index (Phi) is 7.80. The summed E-state index contributed by atoms with van der Waals surface area (Å²) in [6, 6.07) is 12.3. The maximum atomic E-state index is 14.0. The van der Waals surface area contributed by atoms with Gasteiger partial charge < -0.3 is 14.2 Å². The maximum Gasteiger partial charge on any atom is 0.273 e. The first-order valence-electron chi connectivity index (χ1n) is 9.97. The Labute approximate surface area is 212 Å². The van der Waals surface area contributed by atoms with Gasteiger partial charge in [0.2, 0.25) is 5.75 Å². The van der Waals surface area contributed by atoms with Crippen molar-refractivity contribution in [2.45, 2.75) is 18.7 Å². The monoisotopic (exact) mass is 567 g/mol. The Hall–Kier alpha value is -2.75. The number of sulfonamides is 1. The fourth-order valence-electron chi connectivity index (χ4n) is 3.38. The highest BCUT2D eigenvalue weighted by molar-refractivity contribution is 9.10. The number of benzene rings is 3.